The molecular formula is C14H15N3O4. The van der Waals surface area contributed by atoms with E-state index in [1.54, 1.807) is 13.0 Å². The van der Waals surface area contributed by atoms with E-state index in [-0.39, 0.29) is 18.1 Å². The average molecular weight is 289 g/mol. The minimum Gasteiger partial charge on any atom is -0.478 e. The fourth-order valence-electron chi connectivity index (χ4n) is 2.10. The number of urea groups is 1. The summed E-state index contributed by atoms with van der Waals surface area (Å²) >= 11 is 0. The molecule has 1 aliphatic rings. The minimum absolute atomic E-state index is 0.198. The average Bonchev–Trinajstić information content (AvgIpc) is 2.47. The number of hydrogen-bond donors (Lipinski definition) is 2. The topological polar surface area (TPSA) is 103 Å². The molecule has 0 spiro atoms. The quantitative estimate of drug-likeness (QED) is 0.857. The Labute approximate surface area is 121 Å². The summed E-state index contributed by atoms with van der Waals surface area (Å²) in [5, 5.41) is 20.5. The second-order valence-corrected chi connectivity index (χ2v) is 4.70. The van der Waals surface area contributed by atoms with E-state index in [2.05, 4.69) is 5.32 Å². The number of morpholine rings is 1. The molecule has 1 unspecified atom stereocenters. The summed E-state index contributed by atoms with van der Waals surface area (Å²) in [4.78, 5) is 24.5. The van der Waals surface area contributed by atoms with Crippen LogP contribution in [0.3, 0.4) is 0 Å². The third-order valence-corrected chi connectivity index (χ3v) is 3.21. The number of nitrogens with one attached hydrogen (secondary N) is 1. The number of rotatable bonds is 2. The monoisotopic (exact) mass is 289 g/mol. The Balaban J connectivity index is 2.04. The number of carboxylic acids is 1. The van der Waals surface area contributed by atoms with Crippen molar-refractivity contribution in [2.24, 2.45) is 0 Å². The molecule has 7 heteroatoms. The Bertz CT molecular complexity index is 609. The van der Waals surface area contributed by atoms with Gasteiger partial charge in [0.25, 0.3) is 0 Å². The SMILES string of the molecule is Cc1cc(NC(=O)N2CCOC(C#N)C2)ccc1C(=O)O. The van der Waals surface area contributed by atoms with Crippen LogP contribution in [0.5, 0.6) is 0 Å². The molecule has 110 valence electrons. The van der Waals surface area contributed by atoms with Crippen LogP contribution in [0.4, 0.5) is 10.5 Å². The number of hydrogen-bond acceptors (Lipinski definition) is 4. The Hall–Kier alpha value is -2.59. The van der Waals surface area contributed by atoms with Crippen LogP contribution in [-0.4, -0.2) is 47.8 Å². The summed E-state index contributed by atoms with van der Waals surface area (Å²) in [5.41, 5.74) is 1.28. The van der Waals surface area contributed by atoms with Crippen molar-refractivity contribution >= 4 is 17.7 Å². The normalized spacial score (nSPS) is 17.9. The molecule has 7 nitrogen and oxygen atoms in total. The van der Waals surface area contributed by atoms with Crippen molar-refractivity contribution in [1.29, 1.82) is 5.26 Å². The lowest BCUT2D eigenvalue weighted by atomic mass is 10.1. The van der Waals surface area contributed by atoms with E-state index in [9.17, 15) is 9.59 Å². The molecule has 0 saturated carbocycles. The number of carboxylic acid groups (broad SMARTS) is 1. The highest BCUT2D eigenvalue weighted by atomic mass is 16.5. The molecule has 2 amide bonds. The second kappa shape index (κ2) is 6.24. The minimum atomic E-state index is -1.00. The Morgan fingerprint density at radius 3 is 2.90 bits per heavy atom. The van der Waals surface area contributed by atoms with E-state index in [1.165, 1.54) is 17.0 Å². The van der Waals surface area contributed by atoms with Crippen molar-refractivity contribution in [1.82, 2.24) is 4.90 Å². The number of ether oxygens (including phenoxy) is 1. The molecule has 21 heavy (non-hydrogen) atoms. The Morgan fingerprint density at radius 2 is 2.29 bits per heavy atom. The molecule has 2 N–H and O–H groups in total. The van der Waals surface area contributed by atoms with Crippen LogP contribution in [0.15, 0.2) is 18.2 Å². The van der Waals surface area contributed by atoms with Gasteiger partial charge in [-0.15, -0.1) is 0 Å². The summed E-state index contributed by atoms with van der Waals surface area (Å²) in [6, 6.07) is 6.23. The molecule has 1 saturated heterocycles. The molecule has 1 aliphatic heterocycles. The fourth-order valence-corrected chi connectivity index (χ4v) is 2.10. The number of nitrogens with zero attached hydrogens (tertiary/aromatic N) is 2. The van der Waals surface area contributed by atoms with Crippen LogP contribution in [0.2, 0.25) is 0 Å². The van der Waals surface area contributed by atoms with Crippen LogP contribution in [0, 0.1) is 18.3 Å². The van der Waals surface area contributed by atoms with E-state index in [1.807, 2.05) is 6.07 Å². The van der Waals surface area contributed by atoms with Crippen molar-refractivity contribution in [2.45, 2.75) is 13.0 Å². The van der Waals surface area contributed by atoms with E-state index in [4.69, 9.17) is 15.1 Å². The maximum Gasteiger partial charge on any atom is 0.335 e. The van der Waals surface area contributed by atoms with Gasteiger partial charge in [-0.25, -0.2) is 9.59 Å². The standard InChI is InChI=1S/C14H15N3O4/c1-9-6-10(2-3-12(9)13(18)19)16-14(20)17-4-5-21-11(7-15)8-17/h2-3,6,11H,4-5,8H2,1H3,(H,16,20)(H,18,19). The molecule has 1 aromatic rings. The number of amides is 2. The summed E-state index contributed by atoms with van der Waals surface area (Å²) in [6.07, 6.45) is -0.611. The van der Waals surface area contributed by atoms with Crippen LogP contribution < -0.4 is 5.32 Å². The van der Waals surface area contributed by atoms with Crippen LogP contribution in [0.25, 0.3) is 0 Å². The molecule has 1 aromatic carbocycles. The molecule has 0 radical (unpaired) electrons. The molecule has 0 aliphatic carbocycles. The highest BCUT2D eigenvalue weighted by Crippen LogP contribution is 2.16. The predicted molar refractivity (Wildman–Crippen MR) is 74.1 cm³/mol. The first-order chi connectivity index (χ1) is 10.0. The van der Waals surface area contributed by atoms with Crippen LogP contribution >= 0.6 is 0 Å². The number of carbonyl (C=O) groups is 2. The Morgan fingerprint density at radius 1 is 1.52 bits per heavy atom. The van der Waals surface area contributed by atoms with Crippen LogP contribution in [-0.2, 0) is 4.74 Å². The number of nitriles is 1. The first-order valence-corrected chi connectivity index (χ1v) is 6.42. The van der Waals surface area contributed by atoms with Gasteiger partial charge in [-0.05, 0) is 30.7 Å². The van der Waals surface area contributed by atoms with Crippen molar-refractivity contribution < 1.29 is 19.4 Å². The zero-order valence-electron chi connectivity index (χ0n) is 11.5. The fraction of sp³-hybridized carbons (Fsp3) is 0.357. The smallest absolute Gasteiger partial charge is 0.335 e. The first-order valence-electron chi connectivity index (χ1n) is 6.42. The Kier molecular flexibility index (Phi) is 4.40. The van der Waals surface area contributed by atoms with Gasteiger partial charge in [-0.3, -0.25) is 0 Å². The van der Waals surface area contributed by atoms with Crippen LogP contribution in [0.1, 0.15) is 15.9 Å². The number of benzene rings is 1. The molecule has 1 heterocycles. The van der Waals surface area contributed by atoms with E-state index in [0.717, 1.165) is 0 Å². The number of anilines is 1. The molecule has 0 aromatic heterocycles. The first kappa shape index (κ1) is 14.8. The van der Waals surface area contributed by atoms with Gasteiger partial charge in [-0.1, -0.05) is 0 Å². The van der Waals surface area contributed by atoms with Gasteiger partial charge in [0.2, 0.25) is 0 Å². The van der Waals surface area contributed by atoms with Gasteiger partial charge in [0, 0.05) is 12.2 Å². The summed E-state index contributed by atoms with van der Waals surface area (Å²) < 4.78 is 5.17. The van der Waals surface area contributed by atoms with E-state index >= 15 is 0 Å². The third-order valence-electron chi connectivity index (χ3n) is 3.21. The van der Waals surface area contributed by atoms with Crippen molar-refractivity contribution in [3.8, 4) is 6.07 Å². The van der Waals surface area contributed by atoms with Gasteiger partial charge in [0.05, 0.1) is 24.8 Å². The predicted octanol–water partition coefficient (Wildman–Crippen LogP) is 1.45. The number of carbonyl (C=O) groups excluding carboxylic acids is 1. The zero-order chi connectivity index (χ0) is 15.4. The number of aromatic carboxylic acids is 1. The van der Waals surface area contributed by atoms with Gasteiger partial charge < -0.3 is 20.1 Å². The maximum atomic E-state index is 12.1. The largest absolute Gasteiger partial charge is 0.478 e. The molecule has 1 atom stereocenters. The summed E-state index contributed by atoms with van der Waals surface area (Å²) in [7, 11) is 0. The second-order valence-electron chi connectivity index (χ2n) is 4.70. The van der Waals surface area contributed by atoms with Gasteiger partial charge in [0.1, 0.15) is 0 Å². The molecule has 2 rings (SSSR count). The lowest BCUT2D eigenvalue weighted by molar-refractivity contribution is 0.0181. The molecule has 0 bridgehead atoms. The number of aryl methyl sites for hydroxylation is 1. The van der Waals surface area contributed by atoms with Crippen molar-refractivity contribution in [3.05, 3.63) is 29.3 Å². The zero-order valence-corrected chi connectivity index (χ0v) is 11.5. The maximum absolute atomic E-state index is 12.1. The third kappa shape index (κ3) is 3.49. The van der Waals surface area contributed by atoms with E-state index in [0.29, 0.717) is 24.4 Å². The summed E-state index contributed by atoms with van der Waals surface area (Å²) in [5.74, 6) is -1.00. The lowest BCUT2D eigenvalue weighted by Crippen LogP contribution is -2.46. The van der Waals surface area contributed by atoms with Crippen molar-refractivity contribution in [2.75, 3.05) is 25.0 Å². The van der Waals surface area contributed by atoms with Gasteiger partial charge >= 0.3 is 12.0 Å². The van der Waals surface area contributed by atoms with Gasteiger partial charge in [-0.2, -0.15) is 5.26 Å². The highest BCUT2D eigenvalue weighted by molar-refractivity contribution is 5.92. The molecular weight excluding hydrogens is 274 g/mol. The summed E-state index contributed by atoms with van der Waals surface area (Å²) in [6.45, 7) is 2.62. The highest BCUT2D eigenvalue weighted by Gasteiger charge is 2.24. The van der Waals surface area contributed by atoms with Gasteiger partial charge in [0.15, 0.2) is 6.10 Å². The molecule has 1 fully saturated rings. The van der Waals surface area contributed by atoms with Crippen molar-refractivity contribution in [3.63, 3.8) is 0 Å². The lowest BCUT2D eigenvalue weighted by Gasteiger charge is -2.29. The van der Waals surface area contributed by atoms with E-state index < -0.39 is 12.1 Å².